The van der Waals surface area contributed by atoms with E-state index in [1.165, 1.54) is 28.1 Å². The number of piperidine rings is 1. The molecule has 2 heterocycles. The summed E-state index contributed by atoms with van der Waals surface area (Å²) < 4.78 is 11.9. The van der Waals surface area contributed by atoms with Crippen molar-refractivity contribution in [1.29, 1.82) is 0 Å². The summed E-state index contributed by atoms with van der Waals surface area (Å²) in [4.78, 5) is 130. The van der Waals surface area contributed by atoms with Crippen molar-refractivity contribution in [1.82, 2.24) is 41.0 Å². The number of carboxylic acids is 1. The number of carboxylic acid groups (broad SMARTS) is 1. The van der Waals surface area contributed by atoms with E-state index in [1.807, 2.05) is 60.5 Å². The van der Waals surface area contributed by atoms with Crippen molar-refractivity contribution in [2.45, 2.75) is 169 Å². The molecule has 10 unspecified atom stereocenters. The van der Waals surface area contributed by atoms with Crippen LogP contribution in [-0.4, -0.2) is 181 Å². The van der Waals surface area contributed by atoms with E-state index in [0.717, 1.165) is 0 Å². The van der Waals surface area contributed by atoms with Crippen LogP contribution >= 0.6 is 0 Å². The zero-order valence-corrected chi connectivity index (χ0v) is 47.4. The lowest BCUT2D eigenvalue weighted by Crippen LogP contribution is -2.59. The first-order valence-corrected chi connectivity index (χ1v) is 26.8. The zero-order chi connectivity index (χ0) is 57.1. The van der Waals surface area contributed by atoms with Gasteiger partial charge in [-0.1, -0.05) is 67.0 Å². The molecule has 2 aliphatic heterocycles. The summed E-state index contributed by atoms with van der Waals surface area (Å²) in [5, 5.41) is 20.2. The van der Waals surface area contributed by atoms with Crippen LogP contribution in [0.3, 0.4) is 0 Å². The van der Waals surface area contributed by atoms with Crippen molar-refractivity contribution in [2.24, 2.45) is 29.6 Å². The van der Waals surface area contributed by atoms with Crippen molar-refractivity contribution in [3.63, 3.8) is 0 Å². The van der Waals surface area contributed by atoms with Crippen molar-refractivity contribution in [3.05, 3.63) is 29.8 Å². The topological polar surface area (TPSA) is 275 Å². The Morgan fingerprint density at radius 2 is 1.34 bits per heavy atom. The molecule has 1 aromatic rings. The third-order valence-electron chi connectivity index (χ3n) is 14.9. The number of hydrogen-bond donors (Lipinski definition) is 6. The molecule has 22 nitrogen and oxygen atoms in total. The Kier molecular flexibility index (Phi) is 26.2. The zero-order valence-electron chi connectivity index (χ0n) is 47.4. The van der Waals surface area contributed by atoms with Gasteiger partial charge < -0.3 is 50.5 Å². The number of rotatable bonds is 29. The van der Waals surface area contributed by atoms with Crippen molar-refractivity contribution < 1.29 is 62.6 Å². The summed E-state index contributed by atoms with van der Waals surface area (Å²) in [6, 6.07) is 2.46. The third-order valence-corrected chi connectivity index (χ3v) is 14.9. The van der Waals surface area contributed by atoms with Gasteiger partial charge >= 0.3 is 5.97 Å². The molecular formula is C54H89N9O13. The first kappa shape index (κ1) is 64.6. The number of carbonyl (C=O) groups is 9. The molecule has 0 saturated carbocycles. The van der Waals surface area contributed by atoms with E-state index in [0.29, 0.717) is 63.0 Å². The second-order valence-electron chi connectivity index (χ2n) is 21.4. The molecule has 6 N–H and O–H groups in total. The van der Waals surface area contributed by atoms with E-state index >= 15 is 0 Å². The number of ether oxygens (including phenoxy) is 2. The quantitative estimate of drug-likeness (QED) is 0.0630. The average Bonchev–Trinajstić information content (AvgIpc) is 3.86. The Bertz CT molecular complexity index is 2110. The Morgan fingerprint density at radius 3 is 1.88 bits per heavy atom. The molecule has 0 aliphatic carbocycles. The molecule has 22 heteroatoms. The number of nitrogens with zero attached hydrogens (tertiary/aromatic N) is 4. The summed E-state index contributed by atoms with van der Waals surface area (Å²) in [5.41, 5.74) is 3.45. The summed E-state index contributed by atoms with van der Waals surface area (Å²) >= 11 is 0. The fourth-order valence-electron chi connectivity index (χ4n) is 10.2. The Hall–Kier alpha value is -5.71. The lowest BCUT2D eigenvalue weighted by atomic mass is 9.89. The van der Waals surface area contributed by atoms with Gasteiger partial charge in [0.1, 0.15) is 18.1 Å². The highest BCUT2D eigenvalue weighted by atomic mass is 16.7. The molecule has 0 spiro atoms. The highest BCUT2D eigenvalue weighted by Gasteiger charge is 2.43. The van der Waals surface area contributed by atoms with Crippen LogP contribution in [0.15, 0.2) is 24.3 Å². The molecule has 0 bridgehead atoms. The maximum absolute atomic E-state index is 14.3. The van der Waals surface area contributed by atoms with E-state index in [2.05, 4.69) is 26.7 Å². The molecular weight excluding hydrogens is 983 g/mol. The Morgan fingerprint density at radius 1 is 0.724 bits per heavy atom. The van der Waals surface area contributed by atoms with Crippen LogP contribution in [0.5, 0.6) is 0 Å². The van der Waals surface area contributed by atoms with E-state index in [-0.39, 0.29) is 67.3 Å². The number of amides is 8. The lowest BCUT2D eigenvalue weighted by molar-refractivity contribution is -0.148. The molecule has 3 rings (SSSR count). The van der Waals surface area contributed by atoms with Gasteiger partial charge in [0.05, 0.1) is 55.2 Å². The highest BCUT2D eigenvalue weighted by molar-refractivity contribution is 5.97. The van der Waals surface area contributed by atoms with E-state index in [1.54, 1.807) is 52.9 Å². The molecule has 8 amide bonds. The third kappa shape index (κ3) is 18.5. The van der Waals surface area contributed by atoms with Crippen molar-refractivity contribution >= 4 is 58.9 Å². The van der Waals surface area contributed by atoms with Gasteiger partial charge in [-0.25, -0.2) is 5.48 Å². The van der Waals surface area contributed by atoms with Crippen LogP contribution in [0.1, 0.15) is 119 Å². The number of likely N-dealkylation sites (tertiary alicyclic amines) is 2. The summed E-state index contributed by atoms with van der Waals surface area (Å²) in [6.45, 7) is 17.5. The maximum Gasteiger partial charge on any atom is 0.306 e. The van der Waals surface area contributed by atoms with Crippen LogP contribution in [0.4, 0.5) is 5.69 Å². The van der Waals surface area contributed by atoms with E-state index < -0.39 is 89.9 Å². The van der Waals surface area contributed by atoms with Crippen LogP contribution in [0.2, 0.25) is 0 Å². The second kappa shape index (κ2) is 30.9. The number of aliphatic carboxylic acids is 1. The van der Waals surface area contributed by atoms with Crippen LogP contribution in [0, 0.1) is 29.6 Å². The number of hydroxylamine groups is 1. The summed E-state index contributed by atoms with van der Waals surface area (Å²) in [7, 11) is 8.38. The summed E-state index contributed by atoms with van der Waals surface area (Å²) in [6.07, 6.45) is 1.05. The lowest BCUT2D eigenvalue weighted by Gasteiger charge is -2.41. The first-order chi connectivity index (χ1) is 35.8. The minimum Gasteiger partial charge on any atom is -0.481 e. The monoisotopic (exact) mass is 1070 g/mol. The second-order valence-corrected chi connectivity index (χ2v) is 21.4. The van der Waals surface area contributed by atoms with Gasteiger partial charge in [-0.2, -0.15) is 0 Å². The highest BCUT2D eigenvalue weighted by Crippen LogP contribution is 2.30. The molecule has 2 saturated heterocycles. The number of anilines is 1. The molecule has 0 aromatic heterocycles. The number of nitrogens with one attached hydrogen (secondary N) is 5. The van der Waals surface area contributed by atoms with Gasteiger partial charge in [-0.05, 0) is 89.1 Å². The minimum absolute atomic E-state index is 0.0101. The molecule has 428 valence electrons. The molecule has 1 aromatic carbocycles. The first-order valence-electron chi connectivity index (χ1n) is 26.8. The number of likely N-dealkylation sites (N-methyl/N-ethyl adjacent to an activating group) is 2. The predicted octanol–water partition coefficient (Wildman–Crippen LogP) is 2.93. The van der Waals surface area contributed by atoms with Gasteiger partial charge in [0.25, 0.3) is 5.91 Å². The van der Waals surface area contributed by atoms with Gasteiger partial charge in [-0.3, -0.25) is 52.9 Å². The largest absolute Gasteiger partial charge is 0.481 e. The number of hydrogen-bond acceptors (Lipinski definition) is 13. The van der Waals surface area contributed by atoms with Crippen LogP contribution < -0.4 is 26.7 Å². The van der Waals surface area contributed by atoms with Gasteiger partial charge in [-0.15, -0.1) is 0 Å². The smallest absolute Gasteiger partial charge is 0.306 e. The average molecular weight is 1070 g/mol. The Labute approximate surface area is 449 Å². The van der Waals surface area contributed by atoms with E-state index in [9.17, 15) is 43.2 Å². The summed E-state index contributed by atoms with van der Waals surface area (Å²) in [5.74, 6) is -5.41. The van der Waals surface area contributed by atoms with Gasteiger partial charge in [0, 0.05) is 59.4 Å². The minimum atomic E-state index is -1.01. The molecule has 2 aliphatic rings. The fourth-order valence-corrected chi connectivity index (χ4v) is 10.2. The Balaban J connectivity index is 1.52. The number of benzene rings is 1. The van der Waals surface area contributed by atoms with Gasteiger partial charge in [0.15, 0.2) is 0 Å². The molecule has 2 fully saturated rings. The normalized spacial score (nSPS) is 18.6. The predicted molar refractivity (Wildman–Crippen MR) is 285 cm³/mol. The van der Waals surface area contributed by atoms with Crippen LogP contribution in [0.25, 0.3) is 0 Å². The SMILES string of the molecule is CCC(C)C(C(CC(=O)N1CCCC1C(OC)C(C)C(=O)NC(C)C(=O)NOCc1ccc(NC(=O)C(C)NC(=O)CCC(=O)N2CCC(C(=O)O)CC2)cc1)OC)N(C)C(=O)C(NC(=O)C(C(C)C)N(C)C)C(C)C. The fraction of sp³-hybridized carbons (Fsp3) is 0.722. The number of methoxy groups -OCH3 is 2. The standard InChI is InChI=1S/C54H89N9O13/c1-15-33(6)47(61(12)53(71)45(31(2)3)58-52(70)46(32(4)5)60(10)11)41(74-13)29-44(66)63-26-16-17-40(63)48(75-14)34(7)49(67)56-36(9)51(69)59-76-30-37-18-20-39(21-19-37)57-50(68)35(8)55-42(64)22-23-43(65)62-27-24-38(25-28-62)54(72)73/h18-21,31-36,38,40-41,45-48H,15-17,22-30H2,1-14H3,(H,55,64)(H,56,67)(H,57,68)(H,58,70)(H,59,69)(H,72,73). The number of carbonyl (C=O) groups excluding carboxylic acids is 8. The maximum atomic E-state index is 14.3. The van der Waals surface area contributed by atoms with Crippen molar-refractivity contribution in [2.75, 3.05) is 60.3 Å². The van der Waals surface area contributed by atoms with E-state index in [4.69, 9.17) is 19.4 Å². The van der Waals surface area contributed by atoms with Crippen LogP contribution in [-0.2, 0) is 64.1 Å². The van der Waals surface area contributed by atoms with Gasteiger partial charge in [0.2, 0.25) is 41.4 Å². The molecule has 10 atom stereocenters. The molecule has 0 radical (unpaired) electrons. The molecule has 76 heavy (non-hydrogen) atoms. The van der Waals surface area contributed by atoms with Crippen molar-refractivity contribution in [3.8, 4) is 0 Å².